The zero-order chi connectivity index (χ0) is 23.5. The molecule has 0 amide bonds. The van der Waals surface area contributed by atoms with E-state index in [-0.39, 0.29) is 29.1 Å². The molecule has 0 spiro atoms. The topological polar surface area (TPSA) is 113 Å². The van der Waals surface area contributed by atoms with Crippen molar-refractivity contribution in [2.45, 2.75) is 31.7 Å². The Morgan fingerprint density at radius 3 is 2.62 bits per heavy atom. The first-order chi connectivity index (χ1) is 16.6. The van der Waals surface area contributed by atoms with Gasteiger partial charge in [0.1, 0.15) is 29.3 Å². The van der Waals surface area contributed by atoms with Gasteiger partial charge in [0.15, 0.2) is 5.65 Å². The maximum absolute atomic E-state index is 13.4. The highest BCUT2D eigenvalue weighted by Gasteiger charge is 2.25. The zero-order valence-corrected chi connectivity index (χ0v) is 19.1. The van der Waals surface area contributed by atoms with Crippen molar-refractivity contribution in [1.29, 1.82) is 0 Å². The van der Waals surface area contributed by atoms with Gasteiger partial charge >= 0.3 is 0 Å². The number of H-pyrrole nitrogens is 1. The van der Waals surface area contributed by atoms with Crippen molar-refractivity contribution < 1.29 is 14.6 Å². The molecule has 0 atom stereocenters. The summed E-state index contributed by atoms with van der Waals surface area (Å²) in [6.45, 7) is 0.223. The third kappa shape index (κ3) is 4.60. The highest BCUT2D eigenvalue weighted by molar-refractivity contribution is 6.35. The van der Waals surface area contributed by atoms with Crippen LogP contribution < -0.4 is 10.1 Å². The molecule has 1 aliphatic rings. The van der Waals surface area contributed by atoms with E-state index >= 15 is 0 Å². The van der Waals surface area contributed by atoms with Crippen molar-refractivity contribution in [1.82, 2.24) is 20.2 Å². The third-order valence-corrected chi connectivity index (χ3v) is 6.50. The molecular weight excluding hydrogens is 454 g/mol. The number of anilines is 1. The fraction of sp³-hybridized carbons (Fsp3) is 0.280. The normalized spacial score (nSPS) is 18.1. The van der Waals surface area contributed by atoms with Gasteiger partial charge in [0.05, 0.1) is 10.4 Å². The monoisotopic (exact) mass is 477 g/mol. The molecule has 0 unspecified atom stereocenters. The molecule has 1 aliphatic carbocycles. The molecule has 0 bridgehead atoms. The Kier molecular flexibility index (Phi) is 6.42. The predicted molar refractivity (Wildman–Crippen MR) is 130 cm³/mol. The number of hydrogen-bond acceptors (Lipinski definition) is 7. The summed E-state index contributed by atoms with van der Waals surface area (Å²) in [5, 5.41) is 20.7. The van der Waals surface area contributed by atoms with Crippen LogP contribution in [0.2, 0.25) is 5.02 Å². The van der Waals surface area contributed by atoms with Gasteiger partial charge in [-0.1, -0.05) is 29.8 Å². The van der Waals surface area contributed by atoms with Crippen molar-refractivity contribution in [3.8, 4) is 11.5 Å². The van der Waals surface area contributed by atoms with Crippen LogP contribution in [0.4, 0.5) is 5.82 Å². The number of nitrogens with one attached hydrogen (secondary N) is 2. The lowest BCUT2D eigenvalue weighted by molar-refractivity contribution is 0.103. The quantitative estimate of drug-likeness (QED) is 0.321. The lowest BCUT2D eigenvalue weighted by Crippen LogP contribution is -2.27. The molecule has 2 aromatic heterocycles. The van der Waals surface area contributed by atoms with Gasteiger partial charge in [0.25, 0.3) is 0 Å². The number of fused-ring (bicyclic) bond motifs is 1. The summed E-state index contributed by atoms with van der Waals surface area (Å²) in [5.74, 6) is 1.80. The number of nitrogens with zero attached hydrogens (tertiary/aromatic N) is 3. The second-order valence-corrected chi connectivity index (χ2v) is 8.86. The molecule has 34 heavy (non-hydrogen) atoms. The van der Waals surface area contributed by atoms with Crippen molar-refractivity contribution in [2.75, 3.05) is 11.9 Å². The zero-order valence-electron chi connectivity index (χ0n) is 18.4. The molecule has 5 rings (SSSR count). The Morgan fingerprint density at radius 1 is 1.09 bits per heavy atom. The molecule has 174 valence electrons. The van der Waals surface area contributed by atoms with Crippen molar-refractivity contribution >= 4 is 34.2 Å². The summed E-state index contributed by atoms with van der Waals surface area (Å²) in [6, 6.07) is 14.5. The van der Waals surface area contributed by atoms with Gasteiger partial charge in [-0.2, -0.15) is 5.10 Å². The van der Waals surface area contributed by atoms with Crippen LogP contribution in [0.1, 0.15) is 41.7 Å². The van der Waals surface area contributed by atoms with Crippen LogP contribution in [0.3, 0.4) is 0 Å². The molecule has 2 heterocycles. The molecule has 8 nitrogen and oxygen atoms in total. The van der Waals surface area contributed by atoms with Crippen LogP contribution in [0, 0.1) is 5.92 Å². The first-order valence-electron chi connectivity index (χ1n) is 11.3. The number of aromatic nitrogens is 4. The minimum Gasteiger partial charge on any atom is -0.457 e. The van der Waals surface area contributed by atoms with Gasteiger partial charge in [-0.15, -0.1) is 0 Å². The molecule has 1 fully saturated rings. The van der Waals surface area contributed by atoms with Gasteiger partial charge in [0.2, 0.25) is 5.78 Å². The predicted octanol–water partition coefficient (Wildman–Crippen LogP) is 4.99. The number of hydrogen-bond donors (Lipinski definition) is 3. The van der Waals surface area contributed by atoms with E-state index in [1.165, 1.54) is 6.33 Å². The summed E-state index contributed by atoms with van der Waals surface area (Å²) in [5.41, 5.74) is 1.000. The SMILES string of the molecule is O=C(c1ccc(Oc2ccccc2)cc1Cl)c1n[nH]c2ncnc(NC3CCC(CO)CC3)c12. The number of aliphatic hydroxyl groups is 1. The molecular formula is C25H24ClN5O3. The summed E-state index contributed by atoms with van der Waals surface area (Å²) in [4.78, 5) is 22.0. The second kappa shape index (κ2) is 9.79. The number of aromatic amines is 1. The number of ketones is 1. The van der Waals surface area contributed by atoms with Crippen LogP contribution in [0.15, 0.2) is 54.9 Å². The van der Waals surface area contributed by atoms with E-state index in [9.17, 15) is 9.90 Å². The lowest BCUT2D eigenvalue weighted by atomic mass is 9.86. The van der Waals surface area contributed by atoms with Crippen LogP contribution in [-0.4, -0.2) is 43.7 Å². The van der Waals surface area contributed by atoms with E-state index in [1.807, 2.05) is 30.3 Å². The number of para-hydroxylation sites is 1. The van der Waals surface area contributed by atoms with Gasteiger partial charge in [-0.25, -0.2) is 9.97 Å². The summed E-state index contributed by atoms with van der Waals surface area (Å²) >= 11 is 6.48. The molecule has 9 heteroatoms. The van der Waals surface area contributed by atoms with Gasteiger partial charge in [-0.05, 0) is 55.9 Å². The molecule has 2 aromatic carbocycles. The number of aliphatic hydroxyl groups excluding tert-OH is 1. The Hall–Kier alpha value is -3.49. The number of ether oxygens (including phenoxy) is 1. The maximum Gasteiger partial charge on any atom is 0.215 e. The average Bonchev–Trinajstić information content (AvgIpc) is 3.30. The van der Waals surface area contributed by atoms with Gasteiger partial charge < -0.3 is 15.2 Å². The fourth-order valence-corrected chi connectivity index (χ4v) is 4.57. The summed E-state index contributed by atoms with van der Waals surface area (Å²) in [7, 11) is 0. The Balaban J connectivity index is 1.40. The number of carbonyl (C=O) groups excluding carboxylic acids is 1. The van der Waals surface area contributed by atoms with Crippen molar-refractivity contribution in [3.63, 3.8) is 0 Å². The molecule has 1 saturated carbocycles. The van der Waals surface area contributed by atoms with E-state index < -0.39 is 0 Å². The fourth-order valence-electron chi connectivity index (χ4n) is 4.31. The van der Waals surface area contributed by atoms with E-state index in [0.717, 1.165) is 25.7 Å². The highest BCUT2D eigenvalue weighted by atomic mass is 35.5. The first kappa shape index (κ1) is 22.3. The molecule has 0 saturated heterocycles. The Bertz CT molecular complexity index is 1300. The van der Waals surface area contributed by atoms with Gasteiger partial charge in [-0.3, -0.25) is 9.89 Å². The number of carbonyl (C=O) groups is 1. The largest absolute Gasteiger partial charge is 0.457 e. The highest BCUT2D eigenvalue weighted by Crippen LogP contribution is 2.32. The Morgan fingerprint density at radius 2 is 1.88 bits per heavy atom. The van der Waals surface area contributed by atoms with Gasteiger partial charge in [0, 0.05) is 24.3 Å². The molecule has 0 radical (unpaired) electrons. The standard InChI is InChI=1S/C25H24ClN5O3/c26-20-12-18(34-17-4-2-1-3-5-17)10-11-19(20)23(33)22-21-24(27-14-28-25(21)31-30-22)29-16-8-6-15(13-32)7-9-16/h1-5,10-12,14-16,32H,6-9,13H2,(H2,27,28,29,30,31). The lowest BCUT2D eigenvalue weighted by Gasteiger charge is -2.28. The van der Waals surface area contributed by atoms with E-state index in [4.69, 9.17) is 16.3 Å². The molecule has 4 aromatic rings. The van der Waals surface area contributed by atoms with Crippen LogP contribution in [0.5, 0.6) is 11.5 Å². The van der Waals surface area contributed by atoms with E-state index in [1.54, 1.807) is 18.2 Å². The van der Waals surface area contributed by atoms with Crippen LogP contribution >= 0.6 is 11.6 Å². The summed E-state index contributed by atoms with van der Waals surface area (Å²) in [6.07, 6.45) is 5.19. The van der Waals surface area contributed by atoms with E-state index in [2.05, 4.69) is 25.5 Å². The minimum absolute atomic E-state index is 0.205. The van der Waals surface area contributed by atoms with Crippen molar-refractivity contribution in [3.05, 3.63) is 71.1 Å². The van der Waals surface area contributed by atoms with E-state index in [0.29, 0.717) is 39.8 Å². The summed E-state index contributed by atoms with van der Waals surface area (Å²) < 4.78 is 5.81. The van der Waals surface area contributed by atoms with Crippen LogP contribution in [0.25, 0.3) is 11.0 Å². The maximum atomic E-state index is 13.4. The molecule has 0 aliphatic heterocycles. The number of halogens is 1. The Labute approximate surface area is 201 Å². The smallest absolute Gasteiger partial charge is 0.215 e. The van der Waals surface area contributed by atoms with Crippen LogP contribution in [-0.2, 0) is 0 Å². The molecule has 3 N–H and O–H groups in total. The minimum atomic E-state index is -0.329. The van der Waals surface area contributed by atoms with Crippen molar-refractivity contribution in [2.24, 2.45) is 5.92 Å². The average molecular weight is 478 g/mol. The first-order valence-corrected chi connectivity index (χ1v) is 11.6. The number of benzene rings is 2. The number of rotatable bonds is 7. The second-order valence-electron chi connectivity index (χ2n) is 8.45. The third-order valence-electron chi connectivity index (χ3n) is 6.18.